The van der Waals surface area contributed by atoms with Crippen molar-refractivity contribution in [3.63, 3.8) is 0 Å². The Morgan fingerprint density at radius 1 is 1.03 bits per heavy atom. The second-order valence-electron chi connectivity index (χ2n) is 11.8. The molecule has 1 heterocycles. The van der Waals surface area contributed by atoms with Crippen LogP contribution in [0.1, 0.15) is 32.6 Å². The molecule has 3 unspecified atom stereocenters. The molecule has 1 aliphatic heterocycles. The monoisotopic (exact) mass is 467 g/mol. The quantitative estimate of drug-likeness (QED) is 0.512. The normalized spacial score (nSPS) is 60.9. The average molecular weight is 468 g/mol. The van der Waals surface area contributed by atoms with E-state index in [0.29, 0.717) is 13.0 Å². The molecule has 0 aromatic rings. The first kappa shape index (κ1) is 23.1. The van der Waals surface area contributed by atoms with Crippen molar-refractivity contribution in [2.24, 2.45) is 34.5 Å². The van der Waals surface area contributed by atoms with Crippen molar-refractivity contribution >= 4 is 0 Å². The molecule has 6 rings (SSSR count). The molecule has 33 heavy (non-hydrogen) atoms. The lowest BCUT2D eigenvalue weighted by Gasteiger charge is -2.70. The van der Waals surface area contributed by atoms with Gasteiger partial charge in [0, 0.05) is 70.0 Å². The van der Waals surface area contributed by atoms with Gasteiger partial charge in [-0.05, 0) is 31.7 Å². The summed E-state index contributed by atoms with van der Waals surface area (Å²) in [4.78, 5) is 2.33. The zero-order valence-electron chi connectivity index (χ0n) is 20.6. The number of aliphatic hydroxyl groups excluding tert-OH is 1. The van der Waals surface area contributed by atoms with Gasteiger partial charge in [0.25, 0.3) is 0 Å². The van der Waals surface area contributed by atoms with E-state index in [-0.39, 0.29) is 54.6 Å². The van der Waals surface area contributed by atoms with Gasteiger partial charge in [-0.1, -0.05) is 6.92 Å². The molecular formula is C25H41NO7. The molecule has 13 atom stereocenters. The summed E-state index contributed by atoms with van der Waals surface area (Å²) < 4.78 is 24.5. The Morgan fingerprint density at radius 2 is 1.79 bits per heavy atom. The van der Waals surface area contributed by atoms with Crippen molar-refractivity contribution in [1.82, 2.24) is 4.90 Å². The molecule has 0 amide bonds. The Bertz CT molecular complexity index is 814. The van der Waals surface area contributed by atoms with Gasteiger partial charge in [0.1, 0.15) is 11.2 Å². The van der Waals surface area contributed by atoms with E-state index in [4.69, 9.17) is 18.9 Å². The Morgan fingerprint density at radius 3 is 2.36 bits per heavy atom. The summed E-state index contributed by atoms with van der Waals surface area (Å²) in [6, 6.07) is -0.312. The van der Waals surface area contributed by atoms with E-state index in [2.05, 4.69) is 11.8 Å². The van der Waals surface area contributed by atoms with Crippen LogP contribution in [0.15, 0.2) is 0 Å². The molecule has 7 bridgehead atoms. The molecule has 8 nitrogen and oxygen atoms in total. The zero-order valence-corrected chi connectivity index (χ0v) is 20.6. The zero-order chi connectivity index (χ0) is 23.6. The van der Waals surface area contributed by atoms with E-state index in [9.17, 15) is 15.3 Å². The van der Waals surface area contributed by atoms with E-state index in [1.54, 1.807) is 28.4 Å². The highest BCUT2D eigenvalue weighted by molar-refractivity contribution is 5.41. The summed E-state index contributed by atoms with van der Waals surface area (Å²) in [7, 11) is 6.85. The van der Waals surface area contributed by atoms with E-state index in [0.717, 1.165) is 25.8 Å². The van der Waals surface area contributed by atoms with Crippen LogP contribution in [0, 0.1) is 34.5 Å². The maximum Gasteiger partial charge on any atom is 0.136 e. The molecule has 8 heteroatoms. The second-order valence-corrected chi connectivity index (χ2v) is 11.8. The number of piperidine rings is 1. The van der Waals surface area contributed by atoms with Gasteiger partial charge >= 0.3 is 0 Å². The van der Waals surface area contributed by atoms with Crippen LogP contribution in [0.25, 0.3) is 0 Å². The number of rotatable bonds is 6. The minimum absolute atomic E-state index is 0.0443. The highest BCUT2D eigenvalue weighted by Gasteiger charge is 2.91. The molecule has 6 aliphatic rings. The first-order chi connectivity index (χ1) is 15.8. The maximum atomic E-state index is 13.0. The third-order valence-electron chi connectivity index (χ3n) is 11.6. The van der Waals surface area contributed by atoms with Crippen LogP contribution in [0.4, 0.5) is 0 Å². The first-order valence-electron chi connectivity index (χ1n) is 12.7. The maximum absolute atomic E-state index is 13.0. The molecule has 0 radical (unpaired) electrons. The SMILES string of the molecule is CCN1C[C@]2(CO)CC[C@H](OC)[C@@]34C2[C@H](OC)[C@](O)(C13)[C@@]1(O)C[C@H](OC)[C@H]2C[C@@H]4C1[C@H]2OC. The van der Waals surface area contributed by atoms with Gasteiger partial charge in [0.15, 0.2) is 0 Å². The summed E-state index contributed by atoms with van der Waals surface area (Å²) in [6.07, 6.45) is 1.81. The lowest BCUT2D eigenvalue weighted by molar-refractivity contribution is -0.320. The van der Waals surface area contributed by atoms with Crippen molar-refractivity contribution in [2.75, 3.05) is 48.1 Å². The number of ether oxygens (including phenoxy) is 4. The summed E-state index contributed by atoms with van der Waals surface area (Å²) in [5.41, 5.74) is -3.78. The largest absolute Gasteiger partial charge is 0.396 e. The molecule has 3 N–H and O–H groups in total. The van der Waals surface area contributed by atoms with Crippen LogP contribution in [-0.2, 0) is 18.9 Å². The van der Waals surface area contributed by atoms with Gasteiger partial charge in [-0.25, -0.2) is 0 Å². The highest BCUT2D eigenvalue weighted by atomic mass is 16.5. The number of likely N-dealkylation sites (N-methyl/N-ethyl adjacent to an activating group) is 1. The number of hydrogen-bond acceptors (Lipinski definition) is 8. The summed E-state index contributed by atoms with van der Waals surface area (Å²) in [5, 5.41) is 36.6. The second kappa shape index (κ2) is 7.13. The molecule has 5 saturated carbocycles. The number of nitrogens with zero attached hydrogens (tertiary/aromatic N) is 1. The summed E-state index contributed by atoms with van der Waals surface area (Å²) in [6.45, 7) is 3.59. The predicted octanol–water partition coefficient (Wildman–Crippen LogP) is 0.271. The van der Waals surface area contributed by atoms with Gasteiger partial charge in [0.2, 0.25) is 0 Å². The summed E-state index contributed by atoms with van der Waals surface area (Å²) >= 11 is 0. The van der Waals surface area contributed by atoms with Gasteiger partial charge in [0.05, 0.1) is 37.1 Å². The number of hydrogen-bond donors (Lipinski definition) is 3. The lowest BCUT2D eigenvalue weighted by atomic mass is 9.42. The van der Waals surface area contributed by atoms with Gasteiger partial charge < -0.3 is 34.3 Å². The topological polar surface area (TPSA) is 101 Å². The fourth-order valence-electron chi connectivity index (χ4n) is 11.0. The summed E-state index contributed by atoms with van der Waals surface area (Å²) in [5.74, 6) is -0.0916. The van der Waals surface area contributed by atoms with Crippen molar-refractivity contribution in [2.45, 2.75) is 74.3 Å². The van der Waals surface area contributed by atoms with Crippen LogP contribution in [-0.4, -0.2) is 110 Å². The van der Waals surface area contributed by atoms with Crippen LogP contribution in [0.3, 0.4) is 0 Å². The van der Waals surface area contributed by atoms with Crippen molar-refractivity contribution in [3.8, 4) is 0 Å². The molecule has 0 aromatic heterocycles. The predicted molar refractivity (Wildman–Crippen MR) is 119 cm³/mol. The third kappa shape index (κ3) is 2.16. The number of methoxy groups -OCH3 is 4. The van der Waals surface area contributed by atoms with Crippen molar-refractivity contribution in [3.05, 3.63) is 0 Å². The number of likely N-dealkylation sites (tertiary alicyclic amines) is 1. The van der Waals surface area contributed by atoms with E-state index < -0.39 is 28.1 Å². The standard InChI is InChI=1S/C25H41NO7/c1-6-26-11-22(12-27)8-7-16(31-3)24-14-9-13-15(30-2)10-23(28,17(14)18(13)32-4)25(29,21(24)26)20(33-5)19(22)24/h13-21,27-29H,6-12H2,1-5H3/t13-,14-,15+,16+,17?,18+,19?,20+,21?,22+,23-,24+,25+/m1/s1. The molecule has 188 valence electrons. The molecule has 6 fully saturated rings. The van der Waals surface area contributed by atoms with Crippen LogP contribution >= 0.6 is 0 Å². The minimum atomic E-state index is -1.52. The number of fused-ring (bicyclic) bond motifs is 2. The fourth-order valence-corrected chi connectivity index (χ4v) is 11.0. The lowest BCUT2D eigenvalue weighted by Crippen LogP contribution is -2.82. The molecule has 5 aliphatic carbocycles. The minimum Gasteiger partial charge on any atom is -0.396 e. The Kier molecular flexibility index (Phi) is 4.99. The molecule has 0 aromatic carbocycles. The van der Waals surface area contributed by atoms with Crippen molar-refractivity contribution in [1.29, 1.82) is 0 Å². The van der Waals surface area contributed by atoms with E-state index >= 15 is 0 Å². The Labute approximate surface area is 196 Å². The third-order valence-corrected chi connectivity index (χ3v) is 11.6. The van der Waals surface area contributed by atoms with Crippen LogP contribution in [0.5, 0.6) is 0 Å². The molecular weight excluding hydrogens is 426 g/mol. The molecule has 1 spiro atoms. The van der Waals surface area contributed by atoms with E-state index in [1.165, 1.54) is 0 Å². The Hall–Kier alpha value is -0.320. The fraction of sp³-hybridized carbons (Fsp3) is 1.00. The Balaban J connectivity index is 1.68. The average Bonchev–Trinajstić information content (AvgIpc) is 3.24. The van der Waals surface area contributed by atoms with E-state index in [1.807, 2.05) is 0 Å². The van der Waals surface area contributed by atoms with Gasteiger partial charge in [-0.3, -0.25) is 4.90 Å². The van der Waals surface area contributed by atoms with Crippen LogP contribution < -0.4 is 0 Å². The molecule has 1 saturated heterocycles. The van der Waals surface area contributed by atoms with Gasteiger partial charge in [-0.2, -0.15) is 0 Å². The number of aliphatic hydroxyl groups is 3. The first-order valence-corrected chi connectivity index (χ1v) is 12.7. The van der Waals surface area contributed by atoms with Crippen LogP contribution in [0.2, 0.25) is 0 Å². The van der Waals surface area contributed by atoms with Gasteiger partial charge in [-0.15, -0.1) is 0 Å². The highest BCUT2D eigenvalue weighted by Crippen LogP contribution is 2.80. The smallest absolute Gasteiger partial charge is 0.136 e. The van der Waals surface area contributed by atoms with Crippen molar-refractivity contribution < 1.29 is 34.3 Å².